The van der Waals surface area contributed by atoms with Crippen molar-refractivity contribution < 1.29 is 22.7 Å². The molecule has 0 saturated heterocycles. The number of carboxylic acids is 1. The molecular weight excluding hydrogens is 327 g/mol. The summed E-state index contributed by atoms with van der Waals surface area (Å²) in [6.45, 7) is 0. The number of sulfone groups is 1. The van der Waals surface area contributed by atoms with Crippen LogP contribution in [0.3, 0.4) is 0 Å². The summed E-state index contributed by atoms with van der Waals surface area (Å²) in [6, 6.07) is 2.02. The second-order valence-electron chi connectivity index (χ2n) is 3.34. The number of carboxylic acid groups (broad SMARTS) is 1. The predicted molar refractivity (Wildman–Crippen MR) is 66.6 cm³/mol. The van der Waals surface area contributed by atoms with Crippen molar-refractivity contribution in [3.8, 4) is 12.3 Å². The third-order valence-corrected chi connectivity index (χ3v) is 4.25. The van der Waals surface area contributed by atoms with Crippen molar-refractivity contribution in [1.82, 2.24) is 0 Å². The van der Waals surface area contributed by atoms with Crippen LogP contribution in [-0.4, -0.2) is 25.2 Å². The Bertz CT molecular complexity index is 631. The molecule has 7 heteroatoms. The zero-order valence-corrected chi connectivity index (χ0v) is 11.4. The first-order valence-electron chi connectivity index (χ1n) is 4.68. The fourth-order valence-corrected chi connectivity index (χ4v) is 3.15. The smallest absolute Gasteiger partial charge is 0.338 e. The van der Waals surface area contributed by atoms with Crippen LogP contribution in [0.1, 0.15) is 16.8 Å². The number of hydrogen-bond acceptors (Lipinski definition) is 3. The van der Waals surface area contributed by atoms with E-state index in [0.717, 1.165) is 12.1 Å². The largest absolute Gasteiger partial charge is 0.478 e. The Balaban J connectivity index is 3.43. The molecule has 1 rings (SSSR count). The van der Waals surface area contributed by atoms with Crippen LogP contribution in [0.15, 0.2) is 21.5 Å². The summed E-state index contributed by atoms with van der Waals surface area (Å²) >= 11 is 2.94. The van der Waals surface area contributed by atoms with E-state index in [1.165, 1.54) is 0 Å². The first-order valence-corrected chi connectivity index (χ1v) is 7.12. The normalized spacial score (nSPS) is 10.9. The van der Waals surface area contributed by atoms with Gasteiger partial charge in [0.15, 0.2) is 15.7 Å². The summed E-state index contributed by atoms with van der Waals surface area (Å²) < 4.78 is 37.5. The molecule has 1 N–H and O–H groups in total. The van der Waals surface area contributed by atoms with Crippen LogP contribution in [0.4, 0.5) is 4.39 Å². The maximum Gasteiger partial charge on any atom is 0.338 e. The van der Waals surface area contributed by atoms with Crippen molar-refractivity contribution in [2.75, 3.05) is 5.75 Å². The lowest BCUT2D eigenvalue weighted by Crippen LogP contribution is -2.12. The van der Waals surface area contributed by atoms with Gasteiger partial charge >= 0.3 is 5.97 Å². The number of benzene rings is 1. The number of rotatable bonds is 4. The van der Waals surface area contributed by atoms with Gasteiger partial charge < -0.3 is 5.11 Å². The van der Waals surface area contributed by atoms with Crippen molar-refractivity contribution in [2.24, 2.45) is 0 Å². The molecule has 0 aliphatic heterocycles. The highest BCUT2D eigenvalue weighted by Gasteiger charge is 2.24. The number of terminal acetylenes is 1. The van der Waals surface area contributed by atoms with Gasteiger partial charge in [0.1, 0.15) is 4.90 Å². The quantitative estimate of drug-likeness (QED) is 0.856. The van der Waals surface area contributed by atoms with Gasteiger partial charge in [-0.05, 0) is 12.1 Å². The molecule has 0 aromatic heterocycles. The van der Waals surface area contributed by atoms with E-state index in [4.69, 9.17) is 11.5 Å². The molecular formula is C11H8BrFO4S. The predicted octanol–water partition coefficient (Wildman–Crippen LogP) is 2.08. The molecule has 0 unspecified atom stereocenters. The van der Waals surface area contributed by atoms with Gasteiger partial charge in [-0.2, -0.15) is 0 Å². The van der Waals surface area contributed by atoms with Gasteiger partial charge in [0.2, 0.25) is 0 Å². The summed E-state index contributed by atoms with van der Waals surface area (Å²) in [7, 11) is -3.94. The molecule has 18 heavy (non-hydrogen) atoms. The highest BCUT2D eigenvalue weighted by molar-refractivity contribution is 9.10. The lowest BCUT2D eigenvalue weighted by Gasteiger charge is -2.07. The van der Waals surface area contributed by atoms with Gasteiger partial charge in [0.05, 0.1) is 11.3 Å². The molecule has 0 atom stereocenters. The van der Waals surface area contributed by atoms with Crippen LogP contribution in [0.2, 0.25) is 0 Å². The van der Waals surface area contributed by atoms with Crippen LogP contribution in [-0.2, 0) is 9.84 Å². The van der Waals surface area contributed by atoms with Crippen LogP contribution in [0.5, 0.6) is 0 Å². The zero-order valence-electron chi connectivity index (χ0n) is 8.98. The van der Waals surface area contributed by atoms with Crippen LogP contribution in [0, 0.1) is 18.2 Å². The molecule has 4 nitrogen and oxygen atoms in total. The van der Waals surface area contributed by atoms with Gasteiger partial charge in [-0.3, -0.25) is 0 Å². The fraction of sp³-hybridized carbons (Fsp3) is 0.182. The summed E-state index contributed by atoms with van der Waals surface area (Å²) in [6.07, 6.45) is 4.88. The third-order valence-electron chi connectivity index (χ3n) is 2.08. The first kappa shape index (κ1) is 14.7. The number of aromatic carboxylic acids is 1. The molecule has 96 valence electrons. The molecule has 0 bridgehead atoms. The van der Waals surface area contributed by atoms with E-state index in [9.17, 15) is 17.6 Å². The summed E-state index contributed by atoms with van der Waals surface area (Å²) in [5.74, 6) is -1.11. The lowest BCUT2D eigenvalue weighted by molar-refractivity contribution is 0.0691. The second-order valence-corrected chi connectivity index (χ2v) is 6.34. The molecule has 0 aliphatic rings. The monoisotopic (exact) mass is 334 g/mol. The number of halogens is 2. The number of carbonyl (C=O) groups is 1. The Labute approximate surface area is 112 Å². The maximum atomic E-state index is 13.8. The third kappa shape index (κ3) is 3.09. The minimum absolute atomic E-state index is 0.0727. The molecule has 0 amide bonds. The van der Waals surface area contributed by atoms with Crippen molar-refractivity contribution >= 4 is 31.7 Å². The van der Waals surface area contributed by atoms with Gasteiger partial charge in [-0.1, -0.05) is 15.9 Å². The zero-order chi connectivity index (χ0) is 13.9. The highest BCUT2D eigenvalue weighted by Crippen LogP contribution is 2.25. The Morgan fingerprint density at radius 3 is 2.61 bits per heavy atom. The van der Waals surface area contributed by atoms with E-state index in [1.807, 2.05) is 0 Å². The average molecular weight is 335 g/mol. The van der Waals surface area contributed by atoms with Gasteiger partial charge in [0, 0.05) is 10.9 Å². The molecule has 0 radical (unpaired) electrons. The Morgan fingerprint density at radius 2 is 2.11 bits per heavy atom. The Hall–Kier alpha value is -1.39. The molecule has 0 saturated carbocycles. The van der Waals surface area contributed by atoms with Gasteiger partial charge in [0.25, 0.3) is 0 Å². The van der Waals surface area contributed by atoms with E-state index in [0.29, 0.717) is 0 Å². The van der Waals surface area contributed by atoms with Crippen molar-refractivity contribution in [2.45, 2.75) is 11.3 Å². The van der Waals surface area contributed by atoms with Gasteiger partial charge in [-0.25, -0.2) is 17.6 Å². The Morgan fingerprint density at radius 1 is 1.50 bits per heavy atom. The van der Waals surface area contributed by atoms with Crippen LogP contribution >= 0.6 is 15.9 Å². The second kappa shape index (κ2) is 5.50. The molecule has 1 aromatic carbocycles. The van der Waals surface area contributed by atoms with E-state index in [1.54, 1.807) is 0 Å². The minimum Gasteiger partial charge on any atom is -0.478 e. The molecule has 0 spiro atoms. The van der Waals surface area contributed by atoms with Gasteiger partial charge in [-0.15, -0.1) is 12.3 Å². The van der Waals surface area contributed by atoms with E-state index in [-0.39, 0.29) is 10.9 Å². The maximum absolute atomic E-state index is 13.8. The fourth-order valence-electron chi connectivity index (χ4n) is 1.25. The van der Waals surface area contributed by atoms with E-state index >= 15 is 0 Å². The first-order chi connectivity index (χ1) is 8.29. The number of hydrogen-bond donors (Lipinski definition) is 1. The van der Waals surface area contributed by atoms with Crippen LogP contribution < -0.4 is 0 Å². The molecule has 0 heterocycles. The summed E-state index contributed by atoms with van der Waals surface area (Å²) in [5.41, 5.74) is -0.705. The van der Waals surface area contributed by atoms with Crippen molar-refractivity contribution in [1.29, 1.82) is 0 Å². The highest BCUT2D eigenvalue weighted by atomic mass is 79.9. The molecule has 0 aliphatic carbocycles. The van der Waals surface area contributed by atoms with E-state index in [2.05, 4.69) is 21.9 Å². The van der Waals surface area contributed by atoms with Crippen LogP contribution in [0.25, 0.3) is 0 Å². The van der Waals surface area contributed by atoms with Crippen molar-refractivity contribution in [3.63, 3.8) is 0 Å². The molecule has 1 aromatic rings. The lowest BCUT2D eigenvalue weighted by atomic mass is 10.2. The Kier molecular flexibility index (Phi) is 4.48. The minimum atomic E-state index is -3.94. The standard InChI is InChI=1S/C11H8BrFO4S/c1-2-3-4-18(16,17)9-6-7(12)5-8(10(9)13)11(14)15/h1,5-6H,3-4H2,(H,14,15). The molecule has 0 fully saturated rings. The van der Waals surface area contributed by atoms with E-state index < -0.39 is 37.8 Å². The summed E-state index contributed by atoms with van der Waals surface area (Å²) in [4.78, 5) is 10.1. The SMILES string of the molecule is C#CCCS(=O)(=O)c1cc(Br)cc(C(=O)O)c1F. The topological polar surface area (TPSA) is 71.4 Å². The summed E-state index contributed by atoms with van der Waals surface area (Å²) in [5, 5.41) is 8.77. The average Bonchev–Trinajstić information content (AvgIpc) is 2.28. The van der Waals surface area contributed by atoms with Crippen molar-refractivity contribution in [3.05, 3.63) is 28.0 Å².